The van der Waals surface area contributed by atoms with Gasteiger partial charge in [0.05, 0.1) is 0 Å². The molecule has 0 radical (unpaired) electrons. The van der Waals surface area contributed by atoms with Crippen LogP contribution < -0.4 is 4.90 Å². The molecule has 1 aromatic heterocycles. The second kappa shape index (κ2) is 5.51. The number of pyridine rings is 1. The Bertz CT molecular complexity index is 901. The van der Waals surface area contributed by atoms with Gasteiger partial charge in [-0.1, -0.05) is 24.3 Å². The maximum atomic E-state index is 11.6. The van der Waals surface area contributed by atoms with Gasteiger partial charge in [0.2, 0.25) is 0 Å². The first-order valence-electron chi connectivity index (χ1n) is 7.92. The molecule has 3 aromatic rings. The third-order valence-corrected chi connectivity index (χ3v) is 4.56. The Kier molecular flexibility index (Phi) is 3.34. The van der Waals surface area contributed by atoms with E-state index in [0.29, 0.717) is 0 Å². The fourth-order valence-electron chi connectivity index (χ4n) is 3.28. The highest BCUT2D eigenvalue weighted by molar-refractivity contribution is 5.95. The maximum Gasteiger partial charge on any atom is 0.159 e. The number of hydrogen-bond donors (Lipinski definition) is 0. The lowest BCUT2D eigenvalue weighted by molar-refractivity contribution is 0.101. The summed E-state index contributed by atoms with van der Waals surface area (Å²) in [6.07, 6.45) is 4.77. The quantitative estimate of drug-likeness (QED) is 0.686. The predicted molar refractivity (Wildman–Crippen MR) is 92.9 cm³/mol. The van der Waals surface area contributed by atoms with Crippen molar-refractivity contribution in [3.05, 3.63) is 71.5 Å². The number of hydrogen-bond acceptors (Lipinski definition) is 3. The van der Waals surface area contributed by atoms with E-state index in [1.165, 1.54) is 27.6 Å². The van der Waals surface area contributed by atoms with Gasteiger partial charge in [-0.2, -0.15) is 0 Å². The van der Waals surface area contributed by atoms with E-state index in [2.05, 4.69) is 34.1 Å². The summed E-state index contributed by atoms with van der Waals surface area (Å²) >= 11 is 0. The van der Waals surface area contributed by atoms with Gasteiger partial charge in [-0.3, -0.25) is 9.78 Å². The molecule has 0 fully saturated rings. The summed E-state index contributed by atoms with van der Waals surface area (Å²) in [5, 5.41) is 2.38. The van der Waals surface area contributed by atoms with Gasteiger partial charge in [0.25, 0.3) is 0 Å². The van der Waals surface area contributed by atoms with Crippen molar-refractivity contribution in [2.75, 3.05) is 11.4 Å². The van der Waals surface area contributed by atoms with Gasteiger partial charge in [0.15, 0.2) is 5.78 Å². The smallest absolute Gasteiger partial charge is 0.159 e. The monoisotopic (exact) mass is 302 g/mol. The third kappa shape index (κ3) is 2.59. The molecule has 0 bridgehead atoms. The highest BCUT2D eigenvalue weighted by atomic mass is 16.1. The van der Waals surface area contributed by atoms with Crippen molar-refractivity contribution in [1.29, 1.82) is 0 Å². The van der Waals surface area contributed by atoms with Gasteiger partial charge in [0.1, 0.15) is 0 Å². The second-order valence-corrected chi connectivity index (χ2v) is 6.13. The number of fused-ring (bicyclic) bond motifs is 2. The summed E-state index contributed by atoms with van der Waals surface area (Å²) in [6.45, 7) is 3.48. The SMILES string of the molecule is CC(=O)c1ccc2c(c1)N(Cc1ccc3ccncc3c1)CC2. The van der Waals surface area contributed by atoms with Crippen LogP contribution in [0, 0.1) is 0 Å². The zero-order valence-electron chi connectivity index (χ0n) is 13.1. The summed E-state index contributed by atoms with van der Waals surface area (Å²) < 4.78 is 0. The van der Waals surface area contributed by atoms with Crippen LogP contribution >= 0.6 is 0 Å². The van der Waals surface area contributed by atoms with Crippen LogP contribution in [-0.2, 0) is 13.0 Å². The summed E-state index contributed by atoms with van der Waals surface area (Å²) in [5.74, 6) is 0.122. The molecular weight excluding hydrogens is 284 g/mol. The van der Waals surface area contributed by atoms with Crippen LogP contribution in [0.1, 0.15) is 28.4 Å². The number of ketones is 1. The Labute approximate surface area is 135 Å². The van der Waals surface area contributed by atoms with Gasteiger partial charge in [-0.25, -0.2) is 0 Å². The molecule has 2 heterocycles. The van der Waals surface area contributed by atoms with E-state index in [1.807, 2.05) is 30.6 Å². The highest BCUT2D eigenvalue weighted by Crippen LogP contribution is 2.31. The zero-order valence-corrected chi connectivity index (χ0v) is 13.1. The summed E-state index contributed by atoms with van der Waals surface area (Å²) in [5.41, 5.74) is 4.59. The van der Waals surface area contributed by atoms with Crippen LogP contribution in [0.2, 0.25) is 0 Å². The zero-order chi connectivity index (χ0) is 15.8. The fourth-order valence-corrected chi connectivity index (χ4v) is 3.28. The lowest BCUT2D eigenvalue weighted by Crippen LogP contribution is -2.19. The number of carbonyl (C=O) groups is 1. The van der Waals surface area contributed by atoms with E-state index in [-0.39, 0.29) is 5.78 Å². The third-order valence-electron chi connectivity index (χ3n) is 4.56. The van der Waals surface area contributed by atoms with Crippen LogP contribution in [0.4, 0.5) is 5.69 Å². The minimum Gasteiger partial charge on any atom is -0.367 e. The standard InChI is InChI=1S/C20H18N2O/c1-14(23)18-5-4-17-7-9-22(20(17)11-18)13-15-2-3-16-6-8-21-12-19(16)10-15/h2-6,8,10-12H,7,9,13H2,1H3. The van der Waals surface area contributed by atoms with Crippen molar-refractivity contribution in [3.8, 4) is 0 Å². The van der Waals surface area contributed by atoms with Gasteiger partial charge in [-0.05, 0) is 48.1 Å². The molecule has 114 valence electrons. The minimum atomic E-state index is 0.122. The van der Waals surface area contributed by atoms with E-state index in [9.17, 15) is 4.79 Å². The second-order valence-electron chi connectivity index (χ2n) is 6.13. The molecule has 0 aliphatic carbocycles. The molecule has 0 saturated carbocycles. The van der Waals surface area contributed by atoms with Crippen molar-refractivity contribution >= 4 is 22.2 Å². The van der Waals surface area contributed by atoms with E-state index in [4.69, 9.17) is 0 Å². The number of carbonyl (C=O) groups excluding carboxylic acids is 1. The molecule has 0 amide bonds. The van der Waals surface area contributed by atoms with Crippen molar-refractivity contribution in [3.63, 3.8) is 0 Å². The van der Waals surface area contributed by atoms with Crippen LogP contribution in [0.5, 0.6) is 0 Å². The van der Waals surface area contributed by atoms with Gasteiger partial charge < -0.3 is 4.90 Å². The van der Waals surface area contributed by atoms with Crippen molar-refractivity contribution in [1.82, 2.24) is 4.98 Å². The first-order valence-corrected chi connectivity index (χ1v) is 7.92. The average Bonchev–Trinajstić information content (AvgIpc) is 2.97. The summed E-state index contributed by atoms with van der Waals surface area (Å²) in [6, 6.07) is 14.6. The van der Waals surface area contributed by atoms with E-state index in [1.54, 1.807) is 6.92 Å². The molecule has 0 spiro atoms. The van der Waals surface area contributed by atoms with Crippen molar-refractivity contribution < 1.29 is 4.79 Å². The molecular formula is C20H18N2O. The lowest BCUT2D eigenvalue weighted by atomic mass is 10.1. The Morgan fingerprint density at radius 1 is 1.13 bits per heavy atom. The molecule has 3 nitrogen and oxygen atoms in total. The normalized spacial score (nSPS) is 13.3. The number of rotatable bonds is 3. The fraction of sp³-hybridized carbons (Fsp3) is 0.200. The minimum absolute atomic E-state index is 0.122. The Hall–Kier alpha value is -2.68. The number of benzene rings is 2. The Morgan fingerprint density at radius 2 is 2.04 bits per heavy atom. The largest absolute Gasteiger partial charge is 0.367 e. The molecule has 1 aliphatic heterocycles. The molecule has 0 unspecified atom stereocenters. The van der Waals surface area contributed by atoms with E-state index >= 15 is 0 Å². The van der Waals surface area contributed by atoms with Gasteiger partial charge in [0, 0.05) is 42.1 Å². The molecule has 2 aromatic carbocycles. The Morgan fingerprint density at radius 3 is 2.91 bits per heavy atom. The molecule has 0 N–H and O–H groups in total. The molecule has 0 atom stereocenters. The molecule has 4 rings (SSSR count). The van der Waals surface area contributed by atoms with Crippen molar-refractivity contribution in [2.45, 2.75) is 19.9 Å². The first kappa shape index (κ1) is 13.9. The van der Waals surface area contributed by atoms with E-state index < -0.39 is 0 Å². The molecule has 3 heteroatoms. The van der Waals surface area contributed by atoms with E-state index in [0.717, 1.165) is 25.1 Å². The maximum absolute atomic E-state index is 11.6. The Balaban J connectivity index is 1.65. The molecule has 1 aliphatic rings. The predicted octanol–water partition coefficient (Wildman–Crippen LogP) is 4.00. The highest BCUT2D eigenvalue weighted by Gasteiger charge is 2.20. The van der Waals surface area contributed by atoms with Crippen LogP contribution in [0.25, 0.3) is 10.8 Å². The number of anilines is 1. The average molecular weight is 302 g/mol. The summed E-state index contributed by atoms with van der Waals surface area (Å²) in [7, 11) is 0. The molecule has 23 heavy (non-hydrogen) atoms. The van der Waals surface area contributed by atoms with Crippen LogP contribution in [0.15, 0.2) is 54.9 Å². The number of Topliss-reactive ketones (excluding diaryl/α,β-unsaturated/α-hetero) is 1. The number of aromatic nitrogens is 1. The number of nitrogens with zero attached hydrogens (tertiary/aromatic N) is 2. The molecule has 0 saturated heterocycles. The van der Waals surface area contributed by atoms with Gasteiger partial charge >= 0.3 is 0 Å². The first-order chi connectivity index (χ1) is 11.2. The lowest BCUT2D eigenvalue weighted by Gasteiger charge is -2.20. The van der Waals surface area contributed by atoms with Gasteiger partial charge in [-0.15, -0.1) is 0 Å². The van der Waals surface area contributed by atoms with Crippen molar-refractivity contribution in [2.24, 2.45) is 0 Å². The summed E-state index contributed by atoms with van der Waals surface area (Å²) in [4.78, 5) is 18.2. The van der Waals surface area contributed by atoms with Crippen LogP contribution in [-0.4, -0.2) is 17.3 Å². The topological polar surface area (TPSA) is 33.2 Å². The van der Waals surface area contributed by atoms with Crippen LogP contribution in [0.3, 0.4) is 0 Å².